The van der Waals surface area contributed by atoms with Crippen molar-refractivity contribution in [1.82, 2.24) is 0 Å². The van der Waals surface area contributed by atoms with Crippen molar-refractivity contribution < 1.29 is 9.53 Å². The number of halogens is 1. The molecule has 0 saturated carbocycles. The molecule has 1 aliphatic heterocycles. The van der Waals surface area contributed by atoms with Crippen molar-refractivity contribution in [3.63, 3.8) is 0 Å². The molecule has 1 aliphatic rings. The van der Waals surface area contributed by atoms with E-state index in [-0.39, 0.29) is 5.12 Å². The van der Waals surface area contributed by atoms with Crippen LogP contribution in [0.25, 0.3) is 6.08 Å². The van der Waals surface area contributed by atoms with Gasteiger partial charge < -0.3 is 4.74 Å². The smallest absolute Gasteiger partial charge is 0.244 e. The van der Waals surface area contributed by atoms with Crippen molar-refractivity contribution in [2.75, 3.05) is 5.75 Å². The molecule has 0 aliphatic carbocycles. The Bertz CT molecular complexity index is 835. The molecule has 0 N–H and O–H groups in total. The SMILES string of the molecule is CCSC1=N/C(=C/c2cc(Br)ccc2OCc2ccccc2)C(=O)S1. The summed E-state index contributed by atoms with van der Waals surface area (Å²) in [4.78, 5) is 16.6. The van der Waals surface area contributed by atoms with Gasteiger partial charge in [-0.25, -0.2) is 4.99 Å². The van der Waals surface area contributed by atoms with E-state index >= 15 is 0 Å². The van der Waals surface area contributed by atoms with E-state index in [0.29, 0.717) is 12.3 Å². The Morgan fingerprint density at radius 1 is 1.24 bits per heavy atom. The highest BCUT2D eigenvalue weighted by atomic mass is 79.9. The number of rotatable bonds is 5. The Labute approximate surface area is 164 Å². The third-order valence-corrected chi connectivity index (χ3v) is 5.75. The van der Waals surface area contributed by atoms with Gasteiger partial charge in [-0.15, -0.1) is 0 Å². The monoisotopic (exact) mass is 433 g/mol. The van der Waals surface area contributed by atoms with Crippen LogP contribution in [0.5, 0.6) is 5.75 Å². The summed E-state index contributed by atoms with van der Waals surface area (Å²) in [5.41, 5.74) is 2.39. The molecule has 3 nitrogen and oxygen atoms in total. The molecule has 128 valence electrons. The summed E-state index contributed by atoms with van der Waals surface area (Å²) in [6.07, 6.45) is 1.80. The van der Waals surface area contributed by atoms with Crippen molar-refractivity contribution in [3.05, 3.63) is 69.8 Å². The predicted octanol–water partition coefficient (Wildman–Crippen LogP) is 5.75. The number of benzene rings is 2. The van der Waals surface area contributed by atoms with E-state index in [2.05, 4.69) is 20.9 Å². The third-order valence-electron chi connectivity index (χ3n) is 3.37. The predicted molar refractivity (Wildman–Crippen MR) is 111 cm³/mol. The maximum Gasteiger partial charge on any atom is 0.244 e. The summed E-state index contributed by atoms with van der Waals surface area (Å²) < 4.78 is 7.69. The van der Waals surface area contributed by atoms with E-state index in [1.165, 1.54) is 11.8 Å². The first-order chi connectivity index (χ1) is 12.2. The lowest BCUT2D eigenvalue weighted by molar-refractivity contribution is -0.107. The molecule has 3 rings (SSSR count). The fourth-order valence-corrected chi connectivity index (χ4v) is 4.34. The highest BCUT2D eigenvalue weighted by Gasteiger charge is 2.22. The van der Waals surface area contributed by atoms with Crippen LogP contribution in [-0.4, -0.2) is 15.2 Å². The molecule has 6 heteroatoms. The number of nitrogens with zero attached hydrogens (tertiary/aromatic N) is 1. The first kappa shape index (κ1) is 18.3. The molecule has 25 heavy (non-hydrogen) atoms. The molecule has 0 saturated heterocycles. The van der Waals surface area contributed by atoms with Gasteiger partial charge in [0, 0.05) is 10.0 Å². The van der Waals surface area contributed by atoms with Gasteiger partial charge in [0.1, 0.15) is 22.4 Å². The molecule has 2 aromatic carbocycles. The molecule has 0 unspecified atom stereocenters. The van der Waals surface area contributed by atoms with Gasteiger partial charge >= 0.3 is 0 Å². The highest BCUT2D eigenvalue weighted by Crippen LogP contribution is 2.33. The van der Waals surface area contributed by atoms with Crippen LogP contribution in [0.4, 0.5) is 0 Å². The lowest BCUT2D eigenvalue weighted by Crippen LogP contribution is -1.97. The summed E-state index contributed by atoms with van der Waals surface area (Å²) in [7, 11) is 0. The van der Waals surface area contributed by atoms with E-state index in [4.69, 9.17) is 4.74 Å². The fraction of sp³-hybridized carbons (Fsp3) is 0.158. The molecule has 0 spiro atoms. The number of ether oxygens (including phenoxy) is 1. The van der Waals surface area contributed by atoms with Crippen LogP contribution in [-0.2, 0) is 11.4 Å². The van der Waals surface area contributed by atoms with Crippen LogP contribution in [0, 0.1) is 0 Å². The minimum absolute atomic E-state index is 0.0232. The first-order valence-electron chi connectivity index (χ1n) is 7.77. The maximum absolute atomic E-state index is 12.2. The average molecular weight is 434 g/mol. The Hall–Kier alpha value is -1.50. The molecule has 0 atom stereocenters. The van der Waals surface area contributed by atoms with Crippen LogP contribution < -0.4 is 4.74 Å². The minimum atomic E-state index is -0.0232. The van der Waals surface area contributed by atoms with Crippen molar-refractivity contribution in [2.45, 2.75) is 13.5 Å². The zero-order valence-electron chi connectivity index (χ0n) is 13.6. The van der Waals surface area contributed by atoms with Crippen molar-refractivity contribution in [1.29, 1.82) is 0 Å². The van der Waals surface area contributed by atoms with Crippen LogP contribution in [0.15, 0.2) is 63.7 Å². The normalized spacial score (nSPS) is 15.5. The molecule has 0 amide bonds. The van der Waals surface area contributed by atoms with E-state index < -0.39 is 0 Å². The Morgan fingerprint density at radius 2 is 2.04 bits per heavy atom. The summed E-state index contributed by atoms with van der Waals surface area (Å²) >= 11 is 6.25. The van der Waals surface area contributed by atoms with Gasteiger partial charge in [0.05, 0.1) is 0 Å². The number of carbonyl (C=O) groups is 1. The van der Waals surface area contributed by atoms with Crippen molar-refractivity contribution in [2.24, 2.45) is 4.99 Å². The number of aliphatic imine (C=N–C) groups is 1. The second-order valence-electron chi connectivity index (χ2n) is 5.19. The van der Waals surface area contributed by atoms with Crippen LogP contribution in [0.3, 0.4) is 0 Å². The van der Waals surface area contributed by atoms with Gasteiger partial charge in [0.15, 0.2) is 0 Å². The van der Waals surface area contributed by atoms with Crippen molar-refractivity contribution >= 4 is 55.0 Å². The van der Waals surface area contributed by atoms with Gasteiger partial charge in [-0.2, -0.15) is 0 Å². The molecule has 1 heterocycles. The summed E-state index contributed by atoms with van der Waals surface area (Å²) in [5.74, 6) is 1.62. The first-order valence-corrected chi connectivity index (χ1v) is 10.4. The summed E-state index contributed by atoms with van der Waals surface area (Å²) in [6.45, 7) is 2.52. The number of hydrogen-bond acceptors (Lipinski definition) is 5. The Balaban J connectivity index is 1.84. The maximum atomic E-state index is 12.2. The highest BCUT2D eigenvalue weighted by molar-refractivity contribution is 9.10. The van der Waals surface area contributed by atoms with E-state index in [1.807, 2.05) is 55.5 Å². The Kier molecular flexibility index (Phi) is 6.39. The minimum Gasteiger partial charge on any atom is -0.488 e. The van der Waals surface area contributed by atoms with E-state index in [9.17, 15) is 4.79 Å². The second kappa shape index (κ2) is 8.74. The van der Waals surface area contributed by atoms with Crippen LogP contribution >= 0.6 is 39.5 Å². The molecule has 0 fully saturated rings. The van der Waals surface area contributed by atoms with Crippen molar-refractivity contribution in [3.8, 4) is 5.75 Å². The summed E-state index contributed by atoms with van der Waals surface area (Å²) in [5, 5.41) is -0.0232. The lowest BCUT2D eigenvalue weighted by atomic mass is 10.1. The average Bonchev–Trinajstić information content (AvgIpc) is 2.95. The van der Waals surface area contributed by atoms with E-state index in [0.717, 1.165) is 31.5 Å². The fourth-order valence-electron chi connectivity index (χ4n) is 2.22. The Morgan fingerprint density at radius 3 is 2.80 bits per heavy atom. The van der Waals surface area contributed by atoms with Gasteiger partial charge in [-0.3, -0.25) is 4.79 Å². The molecular weight excluding hydrogens is 418 g/mol. The third kappa shape index (κ3) is 5.00. The number of hydrogen-bond donors (Lipinski definition) is 0. The molecule has 0 bridgehead atoms. The van der Waals surface area contributed by atoms with Crippen LogP contribution in [0.2, 0.25) is 0 Å². The van der Waals surface area contributed by atoms with Crippen LogP contribution in [0.1, 0.15) is 18.1 Å². The largest absolute Gasteiger partial charge is 0.488 e. The standard InChI is InChI=1S/C19H16BrNO2S2/c1-2-24-19-21-16(18(22)25-19)11-14-10-15(20)8-9-17(14)23-12-13-6-4-3-5-7-13/h3-11H,2,12H2,1H3/b16-11+. The van der Waals surface area contributed by atoms with Gasteiger partial charge in [0.2, 0.25) is 5.12 Å². The van der Waals surface area contributed by atoms with Gasteiger partial charge in [0.25, 0.3) is 0 Å². The zero-order chi connectivity index (χ0) is 17.6. The van der Waals surface area contributed by atoms with Gasteiger partial charge in [-0.05, 0) is 47.4 Å². The molecule has 2 aromatic rings. The second-order valence-corrected chi connectivity index (χ2v) is 8.57. The molecular formula is C19H16BrNO2S2. The lowest BCUT2D eigenvalue weighted by Gasteiger charge is -2.10. The van der Waals surface area contributed by atoms with E-state index in [1.54, 1.807) is 17.8 Å². The van der Waals surface area contributed by atoms with Gasteiger partial charge in [-0.1, -0.05) is 64.9 Å². The molecule has 0 radical (unpaired) electrons. The summed E-state index contributed by atoms with van der Waals surface area (Å²) in [6, 6.07) is 15.8. The number of thioether (sulfide) groups is 2. The number of carbonyl (C=O) groups excluding carboxylic acids is 1. The zero-order valence-corrected chi connectivity index (χ0v) is 16.8. The quantitative estimate of drug-likeness (QED) is 0.562. The molecule has 0 aromatic heterocycles. The topological polar surface area (TPSA) is 38.7 Å².